The van der Waals surface area contributed by atoms with E-state index in [1.807, 2.05) is 0 Å². The molecule has 3 heteroatoms. The van der Waals surface area contributed by atoms with Crippen LogP contribution in [0.3, 0.4) is 0 Å². The molecule has 0 aliphatic carbocycles. The molecule has 2 heterocycles. The second-order valence-corrected chi connectivity index (χ2v) is 5.33. The van der Waals surface area contributed by atoms with E-state index in [1.54, 1.807) is 0 Å². The fourth-order valence-electron chi connectivity index (χ4n) is 2.87. The molecule has 0 bridgehead atoms. The van der Waals surface area contributed by atoms with Gasteiger partial charge in [0.05, 0.1) is 0 Å². The van der Waals surface area contributed by atoms with E-state index in [-0.39, 0.29) is 0 Å². The highest BCUT2D eigenvalue weighted by Gasteiger charge is 2.19. The van der Waals surface area contributed by atoms with Crippen LogP contribution >= 0.6 is 0 Å². The van der Waals surface area contributed by atoms with Gasteiger partial charge in [0.2, 0.25) is 0 Å². The van der Waals surface area contributed by atoms with Crippen molar-refractivity contribution < 1.29 is 4.74 Å². The van der Waals surface area contributed by atoms with Crippen molar-refractivity contribution in [2.45, 2.75) is 38.1 Å². The van der Waals surface area contributed by atoms with Crippen LogP contribution in [0.5, 0.6) is 0 Å². The summed E-state index contributed by atoms with van der Waals surface area (Å²) >= 11 is 0. The number of hydrogen-bond acceptors (Lipinski definition) is 3. The van der Waals surface area contributed by atoms with Gasteiger partial charge in [-0.15, -0.1) is 0 Å². The van der Waals surface area contributed by atoms with Crippen molar-refractivity contribution in [3.8, 4) is 0 Å². The van der Waals surface area contributed by atoms with E-state index in [0.29, 0.717) is 0 Å². The van der Waals surface area contributed by atoms with Crippen molar-refractivity contribution >= 4 is 0 Å². The lowest BCUT2D eigenvalue weighted by molar-refractivity contribution is 0.0411. The predicted octanol–water partition coefficient (Wildman–Crippen LogP) is 1.49. The molecule has 94 valence electrons. The molecule has 0 amide bonds. The van der Waals surface area contributed by atoms with Crippen LogP contribution < -0.4 is 5.32 Å². The molecular weight excluding hydrogens is 200 g/mol. The van der Waals surface area contributed by atoms with Gasteiger partial charge < -0.3 is 15.0 Å². The Morgan fingerprint density at radius 2 is 2.06 bits per heavy atom. The van der Waals surface area contributed by atoms with E-state index in [1.165, 1.54) is 51.7 Å². The number of nitrogens with zero attached hydrogens (tertiary/aromatic N) is 1. The third-order valence-electron chi connectivity index (χ3n) is 4.10. The lowest BCUT2D eigenvalue weighted by Gasteiger charge is -2.32. The van der Waals surface area contributed by atoms with E-state index in [4.69, 9.17) is 4.74 Å². The zero-order chi connectivity index (χ0) is 11.2. The quantitative estimate of drug-likeness (QED) is 0.786. The van der Waals surface area contributed by atoms with Crippen molar-refractivity contribution in [2.75, 3.05) is 39.9 Å². The van der Waals surface area contributed by atoms with Gasteiger partial charge in [0.25, 0.3) is 0 Å². The van der Waals surface area contributed by atoms with Crippen LogP contribution in [0, 0.1) is 5.92 Å². The first-order valence-electron chi connectivity index (χ1n) is 6.85. The smallest absolute Gasteiger partial charge is 0.0480 e. The molecule has 3 nitrogen and oxygen atoms in total. The lowest BCUT2D eigenvalue weighted by atomic mass is 9.95. The third-order valence-corrected chi connectivity index (χ3v) is 4.10. The van der Waals surface area contributed by atoms with E-state index in [0.717, 1.165) is 25.2 Å². The molecule has 0 aromatic carbocycles. The van der Waals surface area contributed by atoms with Crippen LogP contribution in [-0.4, -0.2) is 50.8 Å². The van der Waals surface area contributed by atoms with E-state index in [2.05, 4.69) is 17.3 Å². The van der Waals surface area contributed by atoms with E-state index in [9.17, 15) is 0 Å². The average molecular weight is 226 g/mol. The Labute approximate surface area is 99.5 Å². The van der Waals surface area contributed by atoms with Gasteiger partial charge in [0.15, 0.2) is 0 Å². The summed E-state index contributed by atoms with van der Waals surface area (Å²) in [6.45, 7) is 5.64. The third kappa shape index (κ3) is 3.72. The summed E-state index contributed by atoms with van der Waals surface area (Å²) in [6, 6.07) is 0.769. The summed E-state index contributed by atoms with van der Waals surface area (Å²) in [5.74, 6) is 0.913. The van der Waals surface area contributed by atoms with Crippen molar-refractivity contribution in [1.82, 2.24) is 10.2 Å². The first-order chi connectivity index (χ1) is 7.86. The zero-order valence-corrected chi connectivity index (χ0v) is 10.6. The maximum atomic E-state index is 5.41. The average Bonchev–Trinajstić information content (AvgIpc) is 2.38. The van der Waals surface area contributed by atoms with Crippen molar-refractivity contribution in [3.05, 3.63) is 0 Å². The van der Waals surface area contributed by atoms with Crippen LogP contribution in [0.15, 0.2) is 0 Å². The maximum Gasteiger partial charge on any atom is 0.0480 e. The minimum Gasteiger partial charge on any atom is -0.381 e. The van der Waals surface area contributed by atoms with Crippen LogP contribution in [0.2, 0.25) is 0 Å². The van der Waals surface area contributed by atoms with E-state index < -0.39 is 0 Å². The number of ether oxygens (including phenoxy) is 1. The molecule has 2 aliphatic heterocycles. The number of hydrogen-bond donors (Lipinski definition) is 1. The van der Waals surface area contributed by atoms with Gasteiger partial charge in [0, 0.05) is 19.3 Å². The standard InChI is InChI=1S/C13H26N2O/c1-15(13-5-9-16-10-6-13)8-4-12-3-2-7-14-11-12/h12-14H,2-11H2,1H3. The van der Waals surface area contributed by atoms with Gasteiger partial charge in [-0.2, -0.15) is 0 Å². The molecule has 2 fully saturated rings. The summed E-state index contributed by atoms with van der Waals surface area (Å²) in [4.78, 5) is 2.55. The zero-order valence-electron chi connectivity index (χ0n) is 10.6. The molecule has 0 spiro atoms. The molecule has 0 aromatic heterocycles. The Morgan fingerprint density at radius 3 is 2.75 bits per heavy atom. The van der Waals surface area contributed by atoms with Crippen molar-refractivity contribution in [1.29, 1.82) is 0 Å². The second kappa shape index (κ2) is 6.58. The predicted molar refractivity (Wildman–Crippen MR) is 66.7 cm³/mol. The first kappa shape index (κ1) is 12.3. The van der Waals surface area contributed by atoms with Gasteiger partial charge in [-0.05, 0) is 64.7 Å². The fourth-order valence-corrected chi connectivity index (χ4v) is 2.87. The van der Waals surface area contributed by atoms with Gasteiger partial charge in [-0.1, -0.05) is 0 Å². The Kier molecular flexibility index (Phi) is 5.07. The van der Waals surface area contributed by atoms with E-state index >= 15 is 0 Å². The number of rotatable bonds is 4. The molecule has 1 N–H and O–H groups in total. The van der Waals surface area contributed by atoms with Crippen LogP contribution in [-0.2, 0) is 4.74 Å². The van der Waals surface area contributed by atoms with Gasteiger partial charge in [-0.25, -0.2) is 0 Å². The van der Waals surface area contributed by atoms with Crippen molar-refractivity contribution in [3.63, 3.8) is 0 Å². The lowest BCUT2D eigenvalue weighted by Crippen LogP contribution is -2.39. The second-order valence-electron chi connectivity index (χ2n) is 5.33. The molecule has 1 atom stereocenters. The Balaban J connectivity index is 1.63. The normalized spacial score (nSPS) is 28.5. The molecule has 16 heavy (non-hydrogen) atoms. The highest BCUT2D eigenvalue weighted by Crippen LogP contribution is 2.17. The molecule has 1 unspecified atom stereocenters. The minimum atomic E-state index is 0.769. The first-order valence-corrected chi connectivity index (χ1v) is 6.85. The Hall–Kier alpha value is -0.120. The summed E-state index contributed by atoms with van der Waals surface area (Å²) in [5, 5.41) is 3.50. The molecule has 2 rings (SSSR count). The van der Waals surface area contributed by atoms with Crippen LogP contribution in [0.1, 0.15) is 32.1 Å². The molecule has 0 radical (unpaired) electrons. The minimum absolute atomic E-state index is 0.769. The summed E-state index contributed by atoms with van der Waals surface area (Å²) in [6.07, 6.45) is 6.60. The molecule has 2 saturated heterocycles. The van der Waals surface area contributed by atoms with Gasteiger partial charge in [0.1, 0.15) is 0 Å². The van der Waals surface area contributed by atoms with Crippen LogP contribution in [0.4, 0.5) is 0 Å². The Morgan fingerprint density at radius 1 is 1.25 bits per heavy atom. The monoisotopic (exact) mass is 226 g/mol. The van der Waals surface area contributed by atoms with Gasteiger partial charge in [-0.3, -0.25) is 0 Å². The topological polar surface area (TPSA) is 24.5 Å². The maximum absolute atomic E-state index is 5.41. The largest absolute Gasteiger partial charge is 0.381 e. The van der Waals surface area contributed by atoms with Crippen molar-refractivity contribution in [2.24, 2.45) is 5.92 Å². The van der Waals surface area contributed by atoms with Crippen LogP contribution in [0.25, 0.3) is 0 Å². The molecular formula is C13H26N2O. The molecule has 2 aliphatic rings. The molecule has 0 saturated carbocycles. The SMILES string of the molecule is CN(CCC1CCCNC1)C1CCOCC1. The van der Waals surface area contributed by atoms with Gasteiger partial charge >= 0.3 is 0 Å². The number of nitrogens with one attached hydrogen (secondary N) is 1. The number of piperidine rings is 1. The molecule has 0 aromatic rings. The summed E-state index contributed by atoms with van der Waals surface area (Å²) < 4.78 is 5.41. The summed E-state index contributed by atoms with van der Waals surface area (Å²) in [5.41, 5.74) is 0. The summed E-state index contributed by atoms with van der Waals surface area (Å²) in [7, 11) is 2.28. The highest BCUT2D eigenvalue weighted by molar-refractivity contribution is 4.75. The Bertz CT molecular complexity index is 186. The fraction of sp³-hybridized carbons (Fsp3) is 1.00. The highest BCUT2D eigenvalue weighted by atomic mass is 16.5.